The molecule has 2 aromatic carbocycles. The molecule has 1 amide bonds. The van der Waals surface area contributed by atoms with Crippen LogP contribution in [0.5, 0.6) is 11.5 Å². The van der Waals surface area contributed by atoms with E-state index in [4.69, 9.17) is 14.2 Å². The quantitative estimate of drug-likeness (QED) is 0.434. The summed E-state index contributed by atoms with van der Waals surface area (Å²) in [6, 6.07) is 8.81. The SMILES string of the molecule is C[C@H](OC(=O)c1cc([N+](=O)[O-])ccc1N(C)C)C(=O)Nc1ccc2c(c1)OCCO2. The van der Waals surface area contributed by atoms with E-state index in [0.717, 1.165) is 6.07 Å². The number of carbonyl (C=O) groups is 2. The van der Waals surface area contributed by atoms with E-state index in [1.807, 2.05) is 0 Å². The Labute approximate surface area is 172 Å². The van der Waals surface area contributed by atoms with Crippen LogP contribution in [0.2, 0.25) is 0 Å². The van der Waals surface area contributed by atoms with Crippen molar-refractivity contribution in [1.29, 1.82) is 0 Å². The fourth-order valence-electron chi connectivity index (χ4n) is 2.83. The Morgan fingerprint density at radius 2 is 1.83 bits per heavy atom. The minimum atomic E-state index is -1.14. The fraction of sp³-hybridized carbons (Fsp3) is 0.300. The van der Waals surface area contributed by atoms with Crippen LogP contribution in [0, 0.1) is 10.1 Å². The van der Waals surface area contributed by atoms with Crippen LogP contribution < -0.4 is 19.7 Å². The minimum absolute atomic E-state index is 0.00632. The van der Waals surface area contributed by atoms with E-state index in [-0.39, 0.29) is 11.3 Å². The highest BCUT2D eigenvalue weighted by Gasteiger charge is 2.24. The third-order valence-corrected chi connectivity index (χ3v) is 4.36. The van der Waals surface area contributed by atoms with Gasteiger partial charge in [-0.3, -0.25) is 14.9 Å². The van der Waals surface area contributed by atoms with Crippen molar-refractivity contribution in [3.8, 4) is 11.5 Å². The monoisotopic (exact) mass is 415 g/mol. The van der Waals surface area contributed by atoms with Crippen LogP contribution in [0.25, 0.3) is 0 Å². The summed E-state index contributed by atoms with van der Waals surface area (Å²) in [6.07, 6.45) is -1.14. The van der Waals surface area contributed by atoms with E-state index in [2.05, 4.69) is 5.32 Å². The van der Waals surface area contributed by atoms with Gasteiger partial charge in [-0.1, -0.05) is 0 Å². The van der Waals surface area contributed by atoms with Gasteiger partial charge in [0.15, 0.2) is 17.6 Å². The van der Waals surface area contributed by atoms with Gasteiger partial charge in [-0.2, -0.15) is 0 Å². The molecule has 30 heavy (non-hydrogen) atoms. The number of esters is 1. The Kier molecular flexibility index (Phi) is 6.05. The molecule has 1 atom stereocenters. The first-order valence-corrected chi connectivity index (χ1v) is 9.13. The molecule has 0 saturated carbocycles. The second-order valence-corrected chi connectivity index (χ2v) is 6.75. The van der Waals surface area contributed by atoms with E-state index in [0.29, 0.717) is 36.1 Å². The molecular weight excluding hydrogens is 394 g/mol. The van der Waals surface area contributed by atoms with Crippen LogP contribution in [0.1, 0.15) is 17.3 Å². The van der Waals surface area contributed by atoms with Gasteiger partial charge in [-0.25, -0.2) is 4.79 Å². The standard InChI is InChI=1S/C20H21N3O7/c1-12(19(24)21-13-4-7-17-18(10-13)29-9-8-28-17)30-20(25)15-11-14(23(26)27)5-6-16(15)22(2)3/h4-7,10-12H,8-9H2,1-3H3,(H,21,24)/t12-/m0/s1. The van der Waals surface area contributed by atoms with Crippen molar-refractivity contribution in [2.45, 2.75) is 13.0 Å². The fourth-order valence-corrected chi connectivity index (χ4v) is 2.83. The molecule has 0 spiro atoms. The molecule has 2 aromatic rings. The average Bonchev–Trinajstić information content (AvgIpc) is 2.72. The molecular formula is C20H21N3O7. The summed E-state index contributed by atoms with van der Waals surface area (Å²) in [6.45, 7) is 2.28. The Hall–Kier alpha value is -3.82. The number of amides is 1. The Balaban J connectivity index is 1.71. The van der Waals surface area contributed by atoms with Gasteiger partial charge in [0.1, 0.15) is 13.2 Å². The summed E-state index contributed by atoms with van der Waals surface area (Å²) in [4.78, 5) is 37.1. The van der Waals surface area contributed by atoms with Gasteiger partial charge in [-0.15, -0.1) is 0 Å². The number of nitrogens with one attached hydrogen (secondary N) is 1. The maximum absolute atomic E-state index is 12.6. The van der Waals surface area contributed by atoms with Gasteiger partial charge < -0.3 is 24.4 Å². The highest BCUT2D eigenvalue weighted by atomic mass is 16.6. The topological polar surface area (TPSA) is 120 Å². The molecule has 1 N–H and O–H groups in total. The van der Waals surface area contributed by atoms with Gasteiger partial charge in [0.25, 0.3) is 11.6 Å². The van der Waals surface area contributed by atoms with Crippen LogP contribution in [-0.4, -0.2) is 50.2 Å². The molecule has 10 heteroatoms. The van der Waals surface area contributed by atoms with Gasteiger partial charge in [0.2, 0.25) is 0 Å². The Morgan fingerprint density at radius 1 is 1.13 bits per heavy atom. The molecule has 0 unspecified atom stereocenters. The lowest BCUT2D eigenvalue weighted by Crippen LogP contribution is -2.30. The van der Waals surface area contributed by atoms with Gasteiger partial charge in [0, 0.05) is 38.0 Å². The molecule has 0 fully saturated rings. The number of nitrogens with zero attached hydrogens (tertiary/aromatic N) is 2. The predicted octanol–water partition coefficient (Wildman–Crippen LogP) is 2.62. The first-order chi connectivity index (χ1) is 14.3. The first-order valence-electron chi connectivity index (χ1n) is 9.13. The highest BCUT2D eigenvalue weighted by Crippen LogP contribution is 2.32. The molecule has 1 aliphatic rings. The molecule has 1 aliphatic heterocycles. The van der Waals surface area contributed by atoms with E-state index < -0.39 is 22.9 Å². The van der Waals surface area contributed by atoms with Crippen LogP contribution >= 0.6 is 0 Å². The lowest BCUT2D eigenvalue weighted by molar-refractivity contribution is -0.384. The van der Waals surface area contributed by atoms with Crippen molar-refractivity contribution < 1.29 is 28.7 Å². The predicted molar refractivity (Wildman–Crippen MR) is 108 cm³/mol. The van der Waals surface area contributed by atoms with Gasteiger partial charge in [0.05, 0.1) is 16.2 Å². The number of hydrogen-bond acceptors (Lipinski definition) is 8. The van der Waals surface area contributed by atoms with Crippen molar-refractivity contribution in [2.24, 2.45) is 0 Å². The summed E-state index contributed by atoms with van der Waals surface area (Å²) in [5.74, 6) is -0.305. The van der Waals surface area contributed by atoms with E-state index in [9.17, 15) is 19.7 Å². The molecule has 0 radical (unpaired) electrons. The lowest BCUT2D eigenvalue weighted by Gasteiger charge is -2.20. The number of benzene rings is 2. The van der Waals surface area contributed by atoms with E-state index in [1.165, 1.54) is 19.1 Å². The van der Waals surface area contributed by atoms with Crippen LogP contribution in [0.4, 0.5) is 17.1 Å². The third-order valence-electron chi connectivity index (χ3n) is 4.36. The van der Waals surface area contributed by atoms with Crippen molar-refractivity contribution in [1.82, 2.24) is 0 Å². The van der Waals surface area contributed by atoms with Crippen LogP contribution in [0.3, 0.4) is 0 Å². The number of non-ortho nitro benzene ring substituents is 1. The summed E-state index contributed by atoms with van der Waals surface area (Å²) < 4.78 is 16.2. The highest BCUT2D eigenvalue weighted by molar-refractivity contribution is 6.00. The average molecular weight is 415 g/mol. The normalized spacial score (nSPS) is 13.2. The number of nitro groups is 1. The number of carbonyl (C=O) groups excluding carboxylic acids is 2. The Bertz CT molecular complexity index is 990. The molecule has 158 valence electrons. The van der Waals surface area contributed by atoms with Crippen molar-refractivity contribution in [2.75, 3.05) is 37.5 Å². The number of nitro benzene ring substituents is 1. The smallest absolute Gasteiger partial charge is 0.341 e. The number of fused-ring (bicyclic) bond motifs is 1. The summed E-state index contributed by atoms with van der Waals surface area (Å²) in [5.41, 5.74) is 0.635. The maximum atomic E-state index is 12.6. The zero-order valence-electron chi connectivity index (χ0n) is 16.7. The summed E-state index contributed by atoms with van der Waals surface area (Å²) >= 11 is 0. The zero-order chi connectivity index (χ0) is 21.8. The van der Waals surface area contributed by atoms with E-state index >= 15 is 0 Å². The van der Waals surface area contributed by atoms with E-state index in [1.54, 1.807) is 37.2 Å². The molecule has 0 bridgehead atoms. The second-order valence-electron chi connectivity index (χ2n) is 6.75. The van der Waals surface area contributed by atoms with Crippen molar-refractivity contribution in [3.05, 3.63) is 52.1 Å². The van der Waals surface area contributed by atoms with Crippen LogP contribution in [0.15, 0.2) is 36.4 Å². The summed E-state index contributed by atoms with van der Waals surface area (Å²) in [7, 11) is 3.38. The van der Waals surface area contributed by atoms with Crippen molar-refractivity contribution in [3.63, 3.8) is 0 Å². The van der Waals surface area contributed by atoms with Crippen LogP contribution in [-0.2, 0) is 9.53 Å². The summed E-state index contributed by atoms with van der Waals surface area (Å²) in [5, 5.41) is 13.7. The first kappa shape index (κ1) is 20.9. The maximum Gasteiger partial charge on any atom is 0.341 e. The number of anilines is 2. The zero-order valence-corrected chi connectivity index (χ0v) is 16.7. The van der Waals surface area contributed by atoms with Gasteiger partial charge >= 0.3 is 5.97 Å². The molecule has 0 saturated heterocycles. The lowest BCUT2D eigenvalue weighted by atomic mass is 10.1. The van der Waals surface area contributed by atoms with Crippen molar-refractivity contribution >= 4 is 28.9 Å². The number of ether oxygens (including phenoxy) is 3. The largest absolute Gasteiger partial charge is 0.486 e. The molecule has 1 heterocycles. The molecule has 0 aromatic heterocycles. The molecule has 3 rings (SSSR count). The number of rotatable bonds is 6. The van der Waals surface area contributed by atoms with Gasteiger partial charge in [-0.05, 0) is 25.1 Å². The minimum Gasteiger partial charge on any atom is -0.486 e. The third kappa shape index (κ3) is 4.59. The molecule has 10 nitrogen and oxygen atoms in total. The molecule has 0 aliphatic carbocycles. The second kappa shape index (κ2) is 8.68. The number of hydrogen-bond donors (Lipinski definition) is 1. The Morgan fingerprint density at radius 3 is 2.50 bits per heavy atom.